The monoisotopic (exact) mass is 380 g/mol. The smallest absolute Gasteiger partial charge is 0.148 e. The van der Waals surface area contributed by atoms with Gasteiger partial charge in [-0.05, 0) is 24.1 Å². The van der Waals surface area contributed by atoms with Gasteiger partial charge in [-0.2, -0.15) is 0 Å². The standard InChI is InChI=1S/C25H20N2S/c1-4-10-18(11-5-1)21-16-17-22(28-21)25-26-23(19-12-6-2-7-13-19)24(27-25)20-14-8-3-9-15-20/h1-14,16-17,20H,15H2,(H,26,27). The minimum atomic E-state index is 0.329. The summed E-state index contributed by atoms with van der Waals surface area (Å²) in [5, 5.41) is 0. The van der Waals surface area contributed by atoms with E-state index >= 15 is 0 Å². The fourth-order valence-electron chi connectivity index (χ4n) is 3.61. The molecule has 0 aliphatic heterocycles. The first kappa shape index (κ1) is 17.0. The molecule has 2 aromatic heterocycles. The largest absolute Gasteiger partial charge is 0.340 e. The van der Waals surface area contributed by atoms with E-state index in [1.54, 1.807) is 11.3 Å². The van der Waals surface area contributed by atoms with E-state index in [4.69, 9.17) is 4.98 Å². The second kappa shape index (κ2) is 7.45. The third kappa shape index (κ3) is 3.25. The van der Waals surface area contributed by atoms with Crippen LogP contribution in [0.5, 0.6) is 0 Å². The van der Waals surface area contributed by atoms with Crippen LogP contribution in [0.3, 0.4) is 0 Å². The molecular weight excluding hydrogens is 360 g/mol. The minimum Gasteiger partial charge on any atom is -0.340 e. The zero-order valence-corrected chi connectivity index (χ0v) is 16.2. The van der Waals surface area contributed by atoms with Gasteiger partial charge in [0.2, 0.25) is 0 Å². The highest BCUT2D eigenvalue weighted by Gasteiger charge is 2.20. The van der Waals surface area contributed by atoms with Crippen molar-refractivity contribution in [1.82, 2.24) is 9.97 Å². The number of hydrogen-bond acceptors (Lipinski definition) is 2. The molecule has 1 atom stereocenters. The van der Waals surface area contributed by atoms with E-state index in [-0.39, 0.29) is 0 Å². The Balaban J connectivity index is 1.57. The van der Waals surface area contributed by atoms with Crippen molar-refractivity contribution in [3.63, 3.8) is 0 Å². The molecule has 2 nitrogen and oxygen atoms in total. The van der Waals surface area contributed by atoms with Crippen molar-refractivity contribution in [3.8, 4) is 32.4 Å². The van der Waals surface area contributed by atoms with Gasteiger partial charge in [0.15, 0.2) is 0 Å². The quantitative estimate of drug-likeness (QED) is 0.403. The van der Waals surface area contributed by atoms with Gasteiger partial charge in [0.25, 0.3) is 0 Å². The number of aromatic amines is 1. The van der Waals surface area contributed by atoms with Crippen LogP contribution < -0.4 is 0 Å². The van der Waals surface area contributed by atoms with Gasteiger partial charge in [-0.25, -0.2) is 4.98 Å². The van der Waals surface area contributed by atoms with Crippen molar-refractivity contribution in [3.05, 3.63) is 103 Å². The van der Waals surface area contributed by atoms with E-state index < -0.39 is 0 Å². The van der Waals surface area contributed by atoms with E-state index in [1.807, 2.05) is 6.07 Å². The van der Waals surface area contributed by atoms with Gasteiger partial charge in [0, 0.05) is 16.4 Å². The summed E-state index contributed by atoms with van der Waals surface area (Å²) in [6.45, 7) is 0. The van der Waals surface area contributed by atoms with Gasteiger partial charge in [0.1, 0.15) is 5.82 Å². The van der Waals surface area contributed by atoms with E-state index in [9.17, 15) is 0 Å². The maximum atomic E-state index is 5.03. The first-order chi connectivity index (χ1) is 13.9. The average molecular weight is 381 g/mol. The minimum absolute atomic E-state index is 0.329. The average Bonchev–Trinajstić information content (AvgIpc) is 3.43. The molecule has 0 spiro atoms. The van der Waals surface area contributed by atoms with E-state index in [2.05, 4.69) is 96.0 Å². The maximum absolute atomic E-state index is 5.03. The molecule has 0 amide bonds. The molecule has 1 aliphatic rings. The zero-order chi connectivity index (χ0) is 18.8. The molecule has 1 aliphatic carbocycles. The predicted octanol–water partition coefficient (Wildman–Crippen LogP) is 7.07. The van der Waals surface area contributed by atoms with Gasteiger partial charge >= 0.3 is 0 Å². The second-order valence-electron chi connectivity index (χ2n) is 6.90. The van der Waals surface area contributed by atoms with Gasteiger partial charge in [-0.1, -0.05) is 85.0 Å². The molecule has 1 unspecified atom stereocenters. The molecule has 136 valence electrons. The second-order valence-corrected chi connectivity index (χ2v) is 7.98. The topological polar surface area (TPSA) is 28.7 Å². The molecule has 0 saturated heterocycles. The fraction of sp³-hybridized carbons (Fsp3) is 0.0800. The maximum Gasteiger partial charge on any atom is 0.148 e. The highest BCUT2D eigenvalue weighted by molar-refractivity contribution is 7.18. The van der Waals surface area contributed by atoms with Crippen LogP contribution in [0.2, 0.25) is 0 Å². The Morgan fingerprint density at radius 1 is 0.786 bits per heavy atom. The van der Waals surface area contributed by atoms with Crippen molar-refractivity contribution >= 4 is 11.3 Å². The molecule has 2 aromatic carbocycles. The van der Waals surface area contributed by atoms with Crippen molar-refractivity contribution in [1.29, 1.82) is 0 Å². The van der Waals surface area contributed by atoms with E-state index in [0.29, 0.717) is 5.92 Å². The van der Waals surface area contributed by atoms with Gasteiger partial charge in [-0.3, -0.25) is 0 Å². The third-order valence-corrected chi connectivity index (χ3v) is 6.17. The van der Waals surface area contributed by atoms with Gasteiger partial charge in [0.05, 0.1) is 16.3 Å². The molecule has 0 radical (unpaired) electrons. The first-order valence-electron chi connectivity index (χ1n) is 9.53. The molecule has 0 saturated carbocycles. The van der Waals surface area contributed by atoms with Crippen LogP contribution in [0.4, 0.5) is 0 Å². The Morgan fingerprint density at radius 3 is 2.21 bits per heavy atom. The molecule has 5 rings (SSSR count). The summed E-state index contributed by atoms with van der Waals surface area (Å²) in [6.07, 6.45) is 9.72. The lowest BCUT2D eigenvalue weighted by Gasteiger charge is -2.13. The molecule has 3 heteroatoms. The number of rotatable bonds is 4. The summed E-state index contributed by atoms with van der Waals surface area (Å²) < 4.78 is 0. The number of nitrogens with zero attached hydrogens (tertiary/aromatic N) is 1. The highest BCUT2D eigenvalue weighted by Crippen LogP contribution is 2.38. The number of benzene rings is 2. The molecular formula is C25H20N2S. The normalized spacial score (nSPS) is 15.8. The van der Waals surface area contributed by atoms with Crippen molar-refractivity contribution in [2.75, 3.05) is 0 Å². The molecule has 0 bridgehead atoms. The summed E-state index contributed by atoms with van der Waals surface area (Å²) in [5.74, 6) is 1.28. The molecule has 0 fully saturated rings. The van der Waals surface area contributed by atoms with E-state index in [0.717, 1.165) is 28.4 Å². The number of thiophene rings is 1. The Kier molecular flexibility index (Phi) is 4.51. The summed E-state index contributed by atoms with van der Waals surface area (Å²) in [7, 11) is 0. The predicted molar refractivity (Wildman–Crippen MR) is 118 cm³/mol. The molecule has 28 heavy (non-hydrogen) atoms. The Labute approximate surface area is 168 Å². The van der Waals surface area contributed by atoms with Crippen molar-refractivity contribution in [2.45, 2.75) is 12.3 Å². The molecule has 2 heterocycles. The Hall–Kier alpha value is -3.17. The van der Waals surface area contributed by atoms with Crippen LogP contribution >= 0.6 is 11.3 Å². The Morgan fingerprint density at radius 2 is 1.50 bits per heavy atom. The lowest BCUT2D eigenvalue weighted by atomic mass is 9.94. The lowest BCUT2D eigenvalue weighted by Crippen LogP contribution is -1.99. The number of allylic oxidation sites excluding steroid dienone is 4. The number of imidazole rings is 1. The lowest BCUT2D eigenvalue weighted by molar-refractivity contribution is 0.827. The summed E-state index contributed by atoms with van der Waals surface area (Å²) in [6, 6.07) is 25.3. The van der Waals surface area contributed by atoms with Crippen LogP contribution in [0.15, 0.2) is 97.1 Å². The Bertz CT molecular complexity index is 1130. The highest BCUT2D eigenvalue weighted by atomic mass is 32.1. The number of H-pyrrole nitrogens is 1. The van der Waals surface area contributed by atoms with Crippen LogP contribution in [0, 0.1) is 0 Å². The number of nitrogens with one attached hydrogen (secondary N) is 1. The summed E-state index contributed by atoms with van der Waals surface area (Å²) in [4.78, 5) is 11.1. The van der Waals surface area contributed by atoms with Crippen molar-refractivity contribution < 1.29 is 0 Å². The van der Waals surface area contributed by atoms with Crippen LogP contribution in [0.25, 0.3) is 32.4 Å². The van der Waals surface area contributed by atoms with Gasteiger partial charge < -0.3 is 4.98 Å². The SMILES string of the molecule is C1=CCC(c2[nH]c(-c3ccc(-c4ccccc4)s3)nc2-c2ccccc2)C=C1. The zero-order valence-electron chi connectivity index (χ0n) is 15.4. The molecule has 4 aromatic rings. The first-order valence-corrected chi connectivity index (χ1v) is 10.3. The molecule has 1 N–H and O–H groups in total. The third-order valence-electron chi connectivity index (χ3n) is 5.03. The fourth-order valence-corrected chi connectivity index (χ4v) is 4.56. The number of aromatic nitrogens is 2. The summed E-state index contributed by atoms with van der Waals surface area (Å²) >= 11 is 1.78. The number of hydrogen-bond donors (Lipinski definition) is 1. The van der Waals surface area contributed by atoms with Crippen LogP contribution in [-0.2, 0) is 0 Å². The van der Waals surface area contributed by atoms with Gasteiger partial charge in [-0.15, -0.1) is 11.3 Å². The summed E-state index contributed by atoms with van der Waals surface area (Å²) in [5.41, 5.74) is 4.64. The van der Waals surface area contributed by atoms with E-state index in [1.165, 1.54) is 16.1 Å². The van der Waals surface area contributed by atoms with Crippen molar-refractivity contribution in [2.24, 2.45) is 0 Å². The van der Waals surface area contributed by atoms with Crippen LogP contribution in [0.1, 0.15) is 18.0 Å². The van der Waals surface area contributed by atoms with Crippen LogP contribution in [-0.4, -0.2) is 9.97 Å².